The summed E-state index contributed by atoms with van der Waals surface area (Å²) in [6.45, 7) is 10.2. The molecule has 0 unspecified atom stereocenters. The molecule has 0 bridgehead atoms. The van der Waals surface area contributed by atoms with Crippen molar-refractivity contribution < 1.29 is 9.59 Å². The minimum absolute atomic E-state index is 0. The van der Waals surface area contributed by atoms with Crippen LogP contribution in [0, 0.1) is 5.92 Å². The largest absolute Gasteiger partial charge is 0.340 e. The van der Waals surface area contributed by atoms with Crippen molar-refractivity contribution in [2.24, 2.45) is 5.92 Å². The maximum atomic E-state index is 12.5. The van der Waals surface area contributed by atoms with Gasteiger partial charge in [0.15, 0.2) is 0 Å². The topological polar surface area (TPSA) is 59.1 Å². The molecule has 0 aliphatic carbocycles. The lowest BCUT2D eigenvalue weighted by atomic mass is 9.92. The molecule has 0 aromatic carbocycles. The lowest BCUT2D eigenvalue weighted by Crippen LogP contribution is -2.48. The van der Waals surface area contributed by atoms with Gasteiger partial charge in [-0.05, 0) is 38.9 Å². The van der Waals surface area contributed by atoms with Crippen LogP contribution in [-0.2, 0) is 9.59 Å². The molecule has 0 aromatic rings. The summed E-state index contributed by atoms with van der Waals surface area (Å²) in [7, 11) is 2.12. The fourth-order valence-corrected chi connectivity index (χ4v) is 4.17. The smallest absolute Gasteiger partial charge is 0.223 e. The molecule has 0 saturated carbocycles. The number of nitrogens with one attached hydrogen (secondary N) is 1. The summed E-state index contributed by atoms with van der Waals surface area (Å²) in [5, 5.41) is 3.28. The second kappa shape index (κ2) is 12.9. The molecular weight excluding hydrogens is 401 g/mol. The van der Waals surface area contributed by atoms with E-state index in [1.807, 2.05) is 9.80 Å². The molecule has 3 aliphatic heterocycles. The third-order valence-electron chi connectivity index (χ3n) is 6.14. The van der Waals surface area contributed by atoms with Crippen molar-refractivity contribution >= 4 is 36.6 Å². The number of likely N-dealkylation sites (tertiary alicyclic amines) is 1. The highest BCUT2D eigenvalue weighted by atomic mass is 35.5. The first kappa shape index (κ1) is 25.4. The molecule has 28 heavy (non-hydrogen) atoms. The number of carbonyl (C=O) groups excluding carboxylic acids is 2. The number of hydrogen-bond donors (Lipinski definition) is 1. The average Bonchev–Trinajstić information content (AvgIpc) is 2.68. The summed E-state index contributed by atoms with van der Waals surface area (Å²) in [6.07, 6.45) is 3.50. The maximum Gasteiger partial charge on any atom is 0.223 e. The van der Waals surface area contributed by atoms with E-state index in [4.69, 9.17) is 0 Å². The highest BCUT2D eigenvalue weighted by molar-refractivity contribution is 5.85. The van der Waals surface area contributed by atoms with E-state index in [9.17, 15) is 9.59 Å². The Morgan fingerprint density at radius 1 is 0.821 bits per heavy atom. The molecule has 3 rings (SSSR count). The monoisotopic (exact) mass is 437 g/mol. The molecule has 3 aliphatic rings. The Morgan fingerprint density at radius 3 is 2.00 bits per heavy atom. The first-order chi connectivity index (χ1) is 12.6. The zero-order valence-corrected chi connectivity index (χ0v) is 18.7. The predicted molar refractivity (Wildman–Crippen MR) is 116 cm³/mol. The number of likely N-dealkylation sites (N-methyl/N-ethyl adjacent to an activating group) is 1. The van der Waals surface area contributed by atoms with E-state index in [0.717, 1.165) is 84.8 Å². The first-order valence-electron chi connectivity index (χ1n) is 10.3. The van der Waals surface area contributed by atoms with Crippen LogP contribution in [0.2, 0.25) is 0 Å². The lowest BCUT2D eigenvalue weighted by molar-refractivity contribution is -0.134. The molecule has 164 valence electrons. The molecule has 2 amide bonds. The van der Waals surface area contributed by atoms with Gasteiger partial charge < -0.3 is 24.9 Å². The minimum atomic E-state index is 0. The summed E-state index contributed by atoms with van der Waals surface area (Å²) in [5.74, 6) is 1.14. The number of carbonyl (C=O) groups is 2. The standard InChI is InChI=1S/C19H35N5O2.2ClH/c1-21-12-14-24(15-13-21)19(26)16-17-2-7-22(8-3-17)9-4-18(25)23-10-5-20-6-11-23;;/h17,20H,2-16H2,1H3;2*1H. The Balaban J connectivity index is 0.00000196. The van der Waals surface area contributed by atoms with Gasteiger partial charge in [0.05, 0.1) is 0 Å². The van der Waals surface area contributed by atoms with E-state index in [1.165, 1.54) is 0 Å². The van der Waals surface area contributed by atoms with Crippen molar-refractivity contribution in [1.29, 1.82) is 0 Å². The van der Waals surface area contributed by atoms with Crippen LogP contribution in [0.25, 0.3) is 0 Å². The van der Waals surface area contributed by atoms with Crippen LogP contribution in [0.3, 0.4) is 0 Å². The summed E-state index contributed by atoms with van der Waals surface area (Å²) < 4.78 is 0. The molecule has 7 nitrogen and oxygen atoms in total. The van der Waals surface area contributed by atoms with Gasteiger partial charge in [-0.1, -0.05) is 0 Å². The van der Waals surface area contributed by atoms with Gasteiger partial charge >= 0.3 is 0 Å². The molecule has 0 atom stereocenters. The Hall–Kier alpha value is -0.600. The van der Waals surface area contributed by atoms with E-state index in [-0.39, 0.29) is 24.8 Å². The molecule has 3 saturated heterocycles. The Morgan fingerprint density at radius 2 is 1.39 bits per heavy atom. The summed E-state index contributed by atoms with van der Waals surface area (Å²) in [6, 6.07) is 0. The highest BCUT2D eigenvalue weighted by Gasteiger charge is 2.26. The number of rotatable bonds is 5. The van der Waals surface area contributed by atoms with Crippen LogP contribution in [0.15, 0.2) is 0 Å². The average molecular weight is 438 g/mol. The van der Waals surface area contributed by atoms with Gasteiger partial charge in [0.1, 0.15) is 0 Å². The molecule has 3 fully saturated rings. The molecule has 0 aromatic heterocycles. The van der Waals surface area contributed by atoms with E-state index < -0.39 is 0 Å². The third-order valence-corrected chi connectivity index (χ3v) is 6.14. The highest BCUT2D eigenvalue weighted by Crippen LogP contribution is 2.22. The number of halogens is 2. The Kier molecular flexibility index (Phi) is 11.7. The molecule has 9 heteroatoms. The van der Waals surface area contributed by atoms with Gasteiger partial charge in [-0.2, -0.15) is 0 Å². The minimum Gasteiger partial charge on any atom is -0.340 e. The molecule has 1 N–H and O–H groups in total. The van der Waals surface area contributed by atoms with Crippen LogP contribution in [0.1, 0.15) is 25.7 Å². The predicted octanol–water partition coefficient (Wildman–Crippen LogP) is 0.528. The maximum absolute atomic E-state index is 12.5. The van der Waals surface area contributed by atoms with Crippen LogP contribution in [0.5, 0.6) is 0 Å². The zero-order chi connectivity index (χ0) is 18.4. The van der Waals surface area contributed by atoms with Crippen LogP contribution >= 0.6 is 24.8 Å². The quantitative estimate of drug-likeness (QED) is 0.679. The van der Waals surface area contributed by atoms with Crippen LogP contribution in [-0.4, -0.2) is 110 Å². The molecular formula is C19H37Cl2N5O2. The van der Waals surface area contributed by atoms with Crippen molar-refractivity contribution in [3.63, 3.8) is 0 Å². The van der Waals surface area contributed by atoms with E-state index in [1.54, 1.807) is 0 Å². The fourth-order valence-electron chi connectivity index (χ4n) is 4.17. The number of nitrogens with zero attached hydrogens (tertiary/aromatic N) is 4. The first-order valence-corrected chi connectivity index (χ1v) is 10.3. The van der Waals surface area contributed by atoms with Gasteiger partial charge in [0.25, 0.3) is 0 Å². The van der Waals surface area contributed by atoms with Crippen molar-refractivity contribution in [3.8, 4) is 0 Å². The third kappa shape index (κ3) is 7.67. The Labute approximate surface area is 182 Å². The number of hydrogen-bond acceptors (Lipinski definition) is 5. The summed E-state index contributed by atoms with van der Waals surface area (Å²) >= 11 is 0. The van der Waals surface area contributed by atoms with Gasteiger partial charge in [0.2, 0.25) is 11.8 Å². The van der Waals surface area contributed by atoms with Crippen LogP contribution < -0.4 is 5.32 Å². The van der Waals surface area contributed by atoms with E-state index >= 15 is 0 Å². The molecule has 0 spiro atoms. The SMILES string of the molecule is CN1CCN(C(=O)CC2CCN(CCC(=O)N3CCNCC3)CC2)CC1.Cl.Cl. The number of amides is 2. The van der Waals surface area contributed by atoms with E-state index in [2.05, 4.69) is 22.2 Å². The van der Waals surface area contributed by atoms with Gasteiger partial charge in [-0.15, -0.1) is 24.8 Å². The summed E-state index contributed by atoms with van der Waals surface area (Å²) in [4.78, 5) is 33.5. The molecule has 0 radical (unpaired) electrons. The van der Waals surface area contributed by atoms with Gasteiger partial charge in [0, 0.05) is 71.7 Å². The second-order valence-electron chi connectivity index (χ2n) is 8.05. The van der Waals surface area contributed by atoms with Gasteiger partial charge in [-0.25, -0.2) is 0 Å². The van der Waals surface area contributed by atoms with E-state index in [0.29, 0.717) is 30.6 Å². The number of piperazine rings is 2. The van der Waals surface area contributed by atoms with Crippen molar-refractivity contribution in [3.05, 3.63) is 0 Å². The Bertz CT molecular complexity index is 475. The summed E-state index contributed by atoms with van der Waals surface area (Å²) in [5.41, 5.74) is 0. The number of piperidine rings is 1. The second-order valence-corrected chi connectivity index (χ2v) is 8.05. The fraction of sp³-hybridized carbons (Fsp3) is 0.895. The van der Waals surface area contributed by atoms with Crippen molar-refractivity contribution in [1.82, 2.24) is 24.9 Å². The zero-order valence-electron chi connectivity index (χ0n) is 17.1. The van der Waals surface area contributed by atoms with Crippen LogP contribution in [0.4, 0.5) is 0 Å². The normalized spacial score (nSPS) is 22.3. The lowest BCUT2D eigenvalue weighted by Gasteiger charge is -2.35. The van der Waals surface area contributed by atoms with Gasteiger partial charge in [-0.3, -0.25) is 9.59 Å². The van der Waals surface area contributed by atoms with Crippen molar-refractivity contribution in [2.45, 2.75) is 25.7 Å². The molecule has 3 heterocycles. The van der Waals surface area contributed by atoms with Crippen molar-refractivity contribution in [2.75, 3.05) is 79.0 Å².